The molecule has 0 aromatic carbocycles. The average molecular weight is 276 g/mol. The molecule has 0 bridgehead atoms. The largest absolute Gasteiger partial charge is 0.347 e. The second-order valence-electron chi connectivity index (χ2n) is 4.29. The van der Waals surface area contributed by atoms with E-state index < -0.39 is 0 Å². The topological polar surface area (TPSA) is 54.0 Å². The summed E-state index contributed by atoms with van der Waals surface area (Å²) in [5, 5.41) is 7.30. The molecule has 2 unspecified atom stereocenters. The Balaban J connectivity index is 0.00000144. The third-order valence-electron chi connectivity index (χ3n) is 2.99. The van der Waals surface area contributed by atoms with Crippen LogP contribution in [0.3, 0.4) is 0 Å². The number of amides is 1. The number of piperidine rings is 1. The van der Waals surface area contributed by atoms with E-state index in [2.05, 4.69) is 22.5 Å². The quantitative estimate of drug-likeness (QED) is 0.862. The van der Waals surface area contributed by atoms with E-state index in [1.165, 1.54) is 11.3 Å². The average Bonchev–Trinajstić information content (AvgIpc) is 2.68. The van der Waals surface area contributed by atoms with Crippen LogP contribution >= 0.6 is 23.7 Å². The van der Waals surface area contributed by atoms with Crippen molar-refractivity contribution in [2.75, 3.05) is 13.1 Å². The van der Waals surface area contributed by atoms with Gasteiger partial charge in [0, 0.05) is 12.6 Å². The molecule has 1 aliphatic heterocycles. The zero-order valence-corrected chi connectivity index (χ0v) is 11.7. The zero-order valence-electron chi connectivity index (χ0n) is 10.0. The summed E-state index contributed by atoms with van der Waals surface area (Å²) in [5.74, 6) is 0.547. The smallest absolute Gasteiger partial charge is 0.263 e. The molecule has 1 aliphatic rings. The third kappa shape index (κ3) is 3.66. The first-order valence-corrected chi connectivity index (χ1v) is 6.42. The molecule has 0 spiro atoms. The van der Waals surface area contributed by atoms with Gasteiger partial charge in [-0.2, -0.15) is 0 Å². The molecule has 2 atom stereocenters. The standard InChI is InChI=1S/C11H17N3OS.ClH/c1-7-3-4-12-5-9(7)14-11(15)10-6-13-8(2)16-10;/h6-7,9,12H,3-5H2,1-2H3,(H,14,15);1H. The highest BCUT2D eigenvalue weighted by Crippen LogP contribution is 2.15. The molecule has 1 amide bonds. The van der Waals surface area contributed by atoms with Gasteiger partial charge in [-0.05, 0) is 25.8 Å². The molecule has 1 saturated heterocycles. The number of carbonyl (C=O) groups is 1. The lowest BCUT2D eigenvalue weighted by molar-refractivity contribution is 0.0919. The lowest BCUT2D eigenvalue weighted by atomic mass is 9.95. The summed E-state index contributed by atoms with van der Waals surface area (Å²) in [6, 6.07) is 0.239. The summed E-state index contributed by atoms with van der Waals surface area (Å²) < 4.78 is 0. The number of nitrogens with one attached hydrogen (secondary N) is 2. The van der Waals surface area contributed by atoms with Gasteiger partial charge in [0.05, 0.1) is 11.2 Å². The monoisotopic (exact) mass is 275 g/mol. The van der Waals surface area contributed by atoms with Crippen LogP contribution in [0.15, 0.2) is 6.20 Å². The normalized spacial score (nSPS) is 23.9. The predicted molar refractivity (Wildman–Crippen MR) is 72.0 cm³/mol. The summed E-state index contributed by atoms with van der Waals surface area (Å²) in [6.07, 6.45) is 2.77. The Morgan fingerprint density at radius 2 is 2.41 bits per heavy atom. The Bertz CT molecular complexity index is 383. The Morgan fingerprint density at radius 3 is 3.00 bits per heavy atom. The van der Waals surface area contributed by atoms with Crippen molar-refractivity contribution in [2.45, 2.75) is 26.3 Å². The maximum atomic E-state index is 11.9. The van der Waals surface area contributed by atoms with Gasteiger partial charge >= 0.3 is 0 Å². The van der Waals surface area contributed by atoms with Gasteiger partial charge in [0.1, 0.15) is 4.88 Å². The van der Waals surface area contributed by atoms with Gasteiger partial charge in [-0.15, -0.1) is 23.7 Å². The van der Waals surface area contributed by atoms with Crippen LogP contribution in [0.4, 0.5) is 0 Å². The van der Waals surface area contributed by atoms with Gasteiger partial charge < -0.3 is 10.6 Å². The number of carbonyl (C=O) groups excluding carboxylic acids is 1. The molecule has 96 valence electrons. The van der Waals surface area contributed by atoms with Crippen molar-refractivity contribution in [1.82, 2.24) is 15.6 Å². The number of aryl methyl sites for hydroxylation is 1. The SMILES string of the molecule is Cc1ncc(C(=O)NC2CNCCC2C)s1.Cl. The number of hydrogen-bond acceptors (Lipinski definition) is 4. The van der Waals surface area contributed by atoms with Crippen molar-refractivity contribution >= 4 is 29.7 Å². The number of aromatic nitrogens is 1. The molecule has 2 heterocycles. The molecule has 0 aliphatic carbocycles. The Labute approximate surface area is 112 Å². The fraction of sp³-hybridized carbons (Fsp3) is 0.636. The maximum absolute atomic E-state index is 11.9. The molecular weight excluding hydrogens is 258 g/mol. The van der Waals surface area contributed by atoms with E-state index in [1.54, 1.807) is 6.20 Å². The van der Waals surface area contributed by atoms with Crippen molar-refractivity contribution in [3.8, 4) is 0 Å². The molecule has 2 rings (SSSR count). The lowest BCUT2D eigenvalue weighted by Crippen LogP contribution is -2.50. The van der Waals surface area contributed by atoms with Gasteiger partial charge in [0.15, 0.2) is 0 Å². The minimum absolute atomic E-state index is 0. The molecule has 1 aromatic rings. The lowest BCUT2D eigenvalue weighted by Gasteiger charge is -2.29. The second-order valence-corrected chi connectivity index (χ2v) is 5.53. The molecule has 1 fully saturated rings. The predicted octanol–water partition coefficient (Wildman–Crippen LogP) is 1.60. The van der Waals surface area contributed by atoms with Crippen molar-refractivity contribution in [2.24, 2.45) is 5.92 Å². The van der Waals surface area contributed by atoms with Gasteiger partial charge in [0.25, 0.3) is 5.91 Å². The molecule has 1 aromatic heterocycles. The van der Waals surface area contributed by atoms with E-state index in [1.807, 2.05) is 6.92 Å². The van der Waals surface area contributed by atoms with E-state index in [4.69, 9.17) is 0 Å². The number of halogens is 1. The Kier molecular flexibility index (Phi) is 5.36. The highest BCUT2D eigenvalue weighted by atomic mass is 35.5. The molecule has 2 N–H and O–H groups in total. The second kappa shape index (κ2) is 6.33. The van der Waals surface area contributed by atoms with Crippen molar-refractivity contribution in [3.05, 3.63) is 16.1 Å². The van der Waals surface area contributed by atoms with Gasteiger partial charge in [-0.1, -0.05) is 6.92 Å². The minimum atomic E-state index is 0. The van der Waals surface area contributed by atoms with Crippen molar-refractivity contribution < 1.29 is 4.79 Å². The van der Waals surface area contributed by atoms with E-state index in [0.717, 1.165) is 24.5 Å². The summed E-state index contributed by atoms with van der Waals surface area (Å²) in [7, 11) is 0. The van der Waals surface area contributed by atoms with E-state index in [9.17, 15) is 4.79 Å². The van der Waals surface area contributed by atoms with Crippen molar-refractivity contribution in [3.63, 3.8) is 0 Å². The number of rotatable bonds is 2. The van der Waals surface area contributed by atoms with Gasteiger partial charge in [-0.25, -0.2) is 4.98 Å². The van der Waals surface area contributed by atoms with E-state index in [0.29, 0.717) is 10.8 Å². The highest BCUT2D eigenvalue weighted by molar-refractivity contribution is 7.13. The van der Waals surface area contributed by atoms with Crippen LogP contribution < -0.4 is 10.6 Å². The Morgan fingerprint density at radius 1 is 1.65 bits per heavy atom. The molecule has 4 nitrogen and oxygen atoms in total. The van der Waals surface area contributed by atoms with Crippen LogP contribution in [0.2, 0.25) is 0 Å². The van der Waals surface area contributed by atoms with Crippen LogP contribution in [-0.4, -0.2) is 30.0 Å². The molecular formula is C11H18ClN3OS. The summed E-state index contributed by atoms with van der Waals surface area (Å²) >= 11 is 1.44. The fourth-order valence-corrected chi connectivity index (χ4v) is 2.57. The van der Waals surface area contributed by atoms with Gasteiger partial charge in [-0.3, -0.25) is 4.79 Å². The van der Waals surface area contributed by atoms with Gasteiger partial charge in [0.2, 0.25) is 0 Å². The van der Waals surface area contributed by atoms with Crippen LogP contribution in [0.5, 0.6) is 0 Å². The number of hydrogen-bond donors (Lipinski definition) is 2. The third-order valence-corrected chi connectivity index (χ3v) is 3.90. The maximum Gasteiger partial charge on any atom is 0.263 e. The first-order valence-electron chi connectivity index (χ1n) is 5.61. The zero-order chi connectivity index (χ0) is 11.5. The van der Waals surface area contributed by atoms with E-state index in [-0.39, 0.29) is 24.4 Å². The van der Waals surface area contributed by atoms with Crippen LogP contribution in [0, 0.1) is 12.8 Å². The van der Waals surface area contributed by atoms with Crippen LogP contribution in [0.25, 0.3) is 0 Å². The fourth-order valence-electron chi connectivity index (χ4n) is 1.89. The molecule has 0 saturated carbocycles. The molecule has 0 radical (unpaired) electrons. The first kappa shape index (κ1) is 14.4. The number of nitrogens with zero attached hydrogens (tertiary/aromatic N) is 1. The first-order chi connectivity index (χ1) is 7.66. The number of thiazole rings is 1. The minimum Gasteiger partial charge on any atom is -0.347 e. The Hall–Kier alpha value is -0.650. The summed E-state index contributed by atoms with van der Waals surface area (Å²) in [6.45, 7) is 6.01. The van der Waals surface area contributed by atoms with Crippen molar-refractivity contribution in [1.29, 1.82) is 0 Å². The highest BCUT2D eigenvalue weighted by Gasteiger charge is 2.23. The van der Waals surface area contributed by atoms with E-state index >= 15 is 0 Å². The summed E-state index contributed by atoms with van der Waals surface area (Å²) in [5.41, 5.74) is 0. The molecule has 6 heteroatoms. The summed E-state index contributed by atoms with van der Waals surface area (Å²) in [4.78, 5) is 16.7. The molecule has 17 heavy (non-hydrogen) atoms. The van der Waals surface area contributed by atoms with Crippen LogP contribution in [0.1, 0.15) is 28.0 Å². The van der Waals surface area contributed by atoms with Crippen LogP contribution in [-0.2, 0) is 0 Å².